The second-order valence-corrected chi connectivity index (χ2v) is 6.97. The summed E-state index contributed by atoms with van der Waals surface area (Å²) in [5.41, 5.74) is 2.13. The van der Waals surface area contributed by atoms with Gasteiger partial charge in [0.1, 0.15) is 5.69 Å². The predicted molar refractivity (Wildman–Crippen MR) is 86.0 cm³/mol. The van der Waals surface area contributed by atoms with Crippen LogP contribution in [0.4, 0.5) is 0 Å². The first kappa shape index (κ1) is 15.8. The molecule has 1 aliphatic heterocycles. The van der Waals surface area contributed by atoms with E-state index in [2.05, 4.69) is 20.5 Å². The molecule has 1 aliphatic carbocycles. The van der Waals surface area contributed by atoms with Crippen molar-refractivity contribution in [2.75, 3.05) is 13.1 Å². The molecule has 1 saturated heterocycles. The van der Waals surface area contributed by atoms with Crippen molar-refractivity contribution >= 4 is 11.9 Å². The van der Waals surface area contributed by atoms with Gasteiger partial charge in [-0.2, -0.15) is 5.10 Å². The van der Waals surface area contributed by atoms with Gasteiger partial charge < -0.3 is 10.0 Å². The van der Waals surface area contributed by atoms with E-state index >= 15 is 0 Å². The van der Waals surface area contributed by atoms with Crippen LogP contribution in [-0.2, 0) is 11.8 Å². The molecule has 1 saturated carbocycles. The van der Waals surface area contributed by atoms with Crippen LogP contribution in [0.1, 0.15) is 53.0 Å². The first-order valence-electron chi connectivity index (χ1n) is 8.44. The van der Waals surface area contributed by atoms with E-state index in [-0.39, 0.29) is 24.2 Å². The Kier molecular flexibility index (Phi) is 3.78. The quantitative estimate of drug-likeness (QED) is 0.826. The number of aryl methyl sites for hydroxylation is 1. The molecule has 9 heteroatoms. The number of carbonyl (C=O) groups is 2. The molecule has 0 radical (unpaired) electrons. The number of nitrogens with zero attached hydrogens (tertiary/aromatic N) is 5. The van der Waals surface area contributed by atoms with E-state index in [0.717, 1.165) is 24.2 Å². The maximum Gasteiger partial charge on any atom is 0.303 e. The van der Waals surface area contributed by atoms with Crippen molar-refractivity contribution in [3.8, 4) is 0 Å². The molecule has 1 amide bonds. The first-order chi connectivity index (χ1) is 12.0. The van der Waals surface area contributed by atoms with Gasteiger partial charge in [0.25, 0.3) is 5.91 Å². The fourth-order valence-corrected chi connectivity index (χ4v) is 3.55. The Balaban J connectivity index is 1.53. The van der Waals surface area contributed by atoms with E-state index in [1.165, 1.54) is 0 Å². The number of hydrogen-bond acceptors (Lipinski definition) is 5. The topological polar surface area (TPSA) is 117 Å². The zero-order valence-electron chi connectivity index (χ0n) is 13.9. The summed E-state index contributed by atoms with van der Waals surface area (Å²) in [6.45, 7) is 0.819. The smallest absolute Gasteiger partial charge is 0.303 e. The van der Waals surface area contributed by atoms with Crippen molar-refractivity contribution in [2.24, 2.45) is 13.0 Å². The molecule has 0 bridgehead atoms. The normalized spacial score (nSPS) is 23.2. The van der Waals surface area contributed by atoms with Crippen LogP contribution in [-0.4, -0.2) is 60.2 Å². The van der Waals surface area contributed by atoms with E-state index in [4.69, 9.17) is 0 Å². The average molecular weight is 344 g/mol. The highest BCUT2D eigenvalue weighted by atomic mass is 16.4. The van der Waals surface area contributed by atoms with E-state index < -0.39 is 5.97 Å². The van der Waals surface area contributed by atoms with Gasteiger partial charge in [-0.15, -0.1) is 5.10 Å². The van der Waals surface area contributed by atoms with Crippen LogP contribution >= 0.6 is 0 Å². The Morgan fingerprint density at radius 2 is 2.16 bits per heavy atom. The number of rotatable bonds is 5. The summed E-state index contributed by atoms with van der Waals surface area (Å²) in [4.78, 5) is 25.7. The third-order valence-electron chi connectivity index (χ3n) is 5.00. The highest BCUT2D eigenvalue weighted by Crippen LogP contribution is 2.39. The van der Waals surface area contributed by atoms with Gasteiger partial charge in [0.05, 0.1) is 12.1 Å². The third-order valence-corrected chi connectivity index (χ3v) is 5.00. The molecule has 2 atom stereocenters. The Labute approximate surface area is 144 Å². The maximum atomic E-state index is 12.8. The molecule has 2 aliphatic rings. The van der Waals surface area contributed by atoms with Crippen molar-refractivity contribution in [1.29, 1.82) is 0 Å². The van der Waals surface area contributed by atoms with Crippen molar-refractivity contribution in [2.45, 2.75) is 31.1 Å². The summed E-state index contributed by atoms with van der Waals surface area (Å²) in [7, 11) is 1.77. The van der Waals surface area contributed by atoms with Crippen LogP contribution in [0.25, 0.3) is 0 Å². The number of carboxylic acid groups (broad SMARTS) is 1. The Hall–Kier alpha value is -2.71. The zero-order chi connectivity index (χ0) is 17.6. The van der Waals surface area contributed by atoms with E-state index in [9.17, 15) is 14.7 Å². The first-order valence-corrected chi connectivity index (χ1v) is 8.44. The monoisotopic (exact) mass is 344 g/mol. The summed E-state index contributed by atoms with van der Waals surface area (Å²) in [6, 6.07) is 1.82. The van der Waals surface area contributed by atoms with Crippen LogP contribution in [0.5, 0.6) is 0 Å². The molecule has 2 fully saturated rings. The van der Waals surface area contributed by atoms with Gasteiger partial charge in [0.2, 0.25) is 0 Å². The minimum atomic E-state index is -0.871. The van der Waals surface area contributed by atoms with Crippen molar-refractivity contribution in [3.63, 3.8) is 0 Å². The average Bonchev–Trinajstić information content (AvgIpc) is 2.98. The van der Waals surface area contributed by atoms with Gasteiger partial charge in [-0.1, -0.05) is 5.21 Å². The molecular formula is C16H20N6O3. The van der Waals surface area contributed by atoms with Crippen LogP contribution in [0.2, 0.25) is 0 Å². The Bertz CT molecular complexity index is 808. The van der Waals surface area contributed by atoms with E-state index in [1.54, 1.807) is 22.8 Å². The number of carbonyl (C=O) groups excluding carboxylic acids is 1. The van der Waals surface area contributed by atoms with Gasteiger partial charge in [-0.3, -0.25) is 19.4 Å². The van der Waals surface area contributed by atoms with Gasteiger partial charge in [-0.05, 0) is 24.8 Å². The fourth-order valence-electron chi connectivity index (χ4n) is 3.55. The van der Waals surface area contributed by atoms with Gasteiger partial charge in [0.15, 0.2) is 0 Å². The number of H-pyrrole nitrogens is 1. The van der Waals surface area contributed by atoms with Gasteiger partial charge in [0, 0.05) is 43.9 Å². The fraction of sp³-hybridized carbons (Fsp3) is 0.562. The number of amides is 1. The number of aromatic amines is 1. The molecule has 2 aromatic rings. The number of aromatic nitrogens is 5. The Morgan fingerprint density at radius 1 is 1.36 bits per heavy atom. The zero-order valence-corrected chi connectivity index (χ0v) is 13.9. The summed E-state index contributed by atoms with van der Waals surface area (Å²) >= 11 is 0. The lowest BCUT2D eigenvalue weighted by atomic mass is 9.91. The third kappa shape index (κ3) is 3.13. The number of likely N-dealkylation sites (tertiary alicyclic amines) is 1. The van der Waals surface area contributed by atoms with Crippen molar-refractivity contribution < 1.29 is 14.7 Å². The highest BCUT2D eigenvalue weighted by Gasteiger charge is 2.39. The van der Waals surface area contributed by atoms with Crippen LogP contribution < -0.4 is 0 Å². The largest absolute Gasteiger partial charge is 0.481 e. The molecule has 0 unspecified atom stereocenters. The Morgan fingerprint density at radius 3 is 2.80 bits per heavy atom. The van der Waals surface area contributed by atoms with Gasteiger partial charge in [-0.25, -0.2) is 0 Å². The van der Waals surface area contributed by atoms with Crippen LogP contribution in [0.3, 0.4) is 0 Å². The lowest BCUT2D eigenvalue weighted by molar-refractivity contribution is -0.138. The molecule has 2 aromatic heterocycles. The standard InChI is InChI=1S/C16H20N6O3/c1-21-8-14(19-20-21)11-7-22(6-10(11)4-15(23)24)16(25)13-5-12(17-18-13)9-2-3-9/h5,8-11H,2-4,6-7H2,1H3,(H,17,18)(H,23,24)/t10-,11+/m0/s1. The molecule has 25 heavy (non-hydrogen) atoms. The predicted octanol–water partition coefficient (Wildman–Crippen LogP) is 0.746. The summed E-state index contributed by atoms with van der Waals surface area (Å²) in [5.74, 6) is -0.843. The molecule has 2 N–H and O–H groups in total. The summed E-state index contributed by atoms with van der Waals surface area (Å²) < 4.78 is 1.59. The second kappa shape index (κ2) is 5.98. The van der Waals surface area contributed by atoms with E-state index in [0.29, 0.717) is 24.7 Å². The second-order valence-electron chi connectivity index (χ2n) is 6.97. The molecule has 132 valence electrons. The van der Waals surface area contributed by atoms with Crippen LogP contribution in [0, 0.1) is 5.92 Å². The molecule has 0 spiro atoms. The van der Waals surface area contributed by atoms with Gasteiger partial charge >= 0.3 is 5.97 Å². The molecule has 3 heterocycles. The molecule has 4 rings (SSSR count). The van der Waals surface area contributed by atoms with Crippen molar-refractivity contribution in [1.82, 2.24) is 30.1 Å². The van der Waals surface area contributed by atoms with Crippen molar-refractivity contribution in [3.05, 3.63) is 29.3 Å². The SMILES string of the molecule is Cn1cc([C@@H]2CN(C(=O)c3cc(C4CC4)[nH]n3)C[C@@H]2CC(=O)O)nn1. The molecule has 0 aromatic carbocycles. The maximum absolute atomic E-state index is 12.8. The lowest BCUT2D eigenvalue weighted by Gasteiger charge is -2.14. The minimum absolute atomic E-state index is 0.00108. The number of carboxylic acids is 1. The summed E-state index contributed by atoms with van der Waals surface area (Å²) in [5, 5.41) is 24.3. The minimum Gasteiger partial charge on any atom is -0.481 e. The molecular weight excluding hydrogens is 324 g/mol. The molecule has 9 nitrogen and oxygen atoms in total. The summed E-state index contributed by atoms with van der Waals surface area (Å²) in [6.07, 6.45) is 4.05. The van der Waals surface area contributed by atoms with Crippen LogP contribution in [0.15, 0.2) is 12.3 Å². The van der Waals surface area contributed by atoms with E-state index in [1.807, 2.05) is 6.07 Å². The number of nitrogens with one attached hydrogen (secondary N) is 1. The lowest BCUT2D eigenvalue weighted by Crippen LogP contribution is -2.29. The highest BCUT2D eigenvalue weighted by molar-refractivity contribution is 5.92. The number of aliphatic carboxylic acids is 1. The number of hydrogen-bond donors (Lipinski definition) is 2.